The van der Waals surface area contributed by atoms with E-state index >= 15 is 0 Å². The van der Waals surface area contributed by atoms with Crippen LogP contribution in [0.15, 0.2) is 16.8 Å². The maximum Gasteiger partial charge on any atom is 0.389 e. The van der Waals surface area contributed by atoms with Crippen LogP contribution >= 0.6 is 11.3 Å². The lowest BCUT2D eigenvalue weighted by Crippen LogP contribution is -2.36. The number of alkyl halides is 3. The van der Waals surface area contributed by atoms with Crippen molar-refractivity contribution < 1.29 is 18.0 Å². The summed E-state index contributed by atoms with van der Waals surface area (Å²) in [7, 11) is 0. The van der Waals surface area contributed by atoms with Gasteiger partial charge in [0.25, 0.3) is 0 Å². The van der Waals surface area contributed by atoms with Gasteiger partial charge in [-0.15, -0.1) is 0 Å². The third kappa shape index (κ3) is 5.08. The fourth-order valence-corrected chi connectivity index (χ4v) is 2.26. The van der Waals surface area contributed by atoms with Crippen molar-refractivity contribution in [2.75, 3.05) is 6.54 Å². The number of hydrogen-bond acceptors (Lipinski definition) is 2. The molecule has 1 aromatic rings. The molecule has 1 rings (SSSR count). The van der Waals surface area contributed by atoms with Crippen LogP contribution in [0.3, 0.4) is 0 Å². The van der Waals surface area contributed by atoms with Crippen molar-refractivity contribution in [3.8, 4) is 0 Å². The molecule has 0 aliphatic heterocycles. The van der Waals surface area contributed by atoms with Gasteiger partial charge in [0.1, 0.15) is 0 Å². The van der Waals surface area contributed by atoms with Crippen LogP contribution in [0.5, 0.6) is 0 Å². The standard InChI is InChI=1S/C12H16F3NOS/c1-11(2,9-4-6-18-7-9)8-16-10(17)3-5-12(13,14)15/h4,6-7H,3,5,8H2,1-2H3,(H,16,17). The minimum atomic E-state index is -4.28. The van der Waals surface area contributed by atoms with Gasteiger partial charge in [0.05, 0.1) is 6.42 Å². The zero-order chi connectivity index (χ0) is 13.8. The number of carbonyl (C=O) groups is 1. The number of carbonyl (C=O) groups excluding carboxylic acids is 1. The van der Waals surface area contributed by atoms with Gasteiger partial charge in [-0.2, -0.15) is 24.5 Å². The van der Waals surface area contributed by atoms with E-state index in [0.717, 1.165) is 5.56 Å². The van der Waals surface area contributed by atoms with Crippen molar-refractivity contribution in [1.82, 2.24) is 5.32 Å². The summed E-state index contributed by atoms with van der Waals surface area (Å²) >= 11 is 1.55. The molecule has 2 nitrogen and oxygen atoms in total. The Kier molecular flexibility index (Phi) is 4.78. The lowest BCUT2D eigenvalue weighted by molar-refractivity contribution is -0.144. The fraction of sp³-hybridized carbons (Fsp3) is 0.583. The van der Waals surface area contributed by atoms with Gasteiger partial charge in [0.15, 0.2) is 0 Å². The van der Waals surface area contributed by atoms with Crippen LogP contribution in [-0.2, 0) is 10.2 Å². The molecule has 0 bridgehead atoms. The first-order chi connectivity index (χ1) is 8.21. The molecular weight excluding hydrogens is 263 g/mol. The third-order valence-electron chi connectivity index (χ3n) is 2.67. The fourth-order valence-electron chi connectivity index (χ4n) is 1.41. The number of thiophene rings is 1. The van der Waals surface area contributed by atoms with Crippen LogP contribution in [0.25, 0.3) is 0 Å². The zero-order valence-electron chi connectivity index (χ0n) is 10.3. The smallest absolute Gasteiger partial charge is 0.355 e. The summed E-state index contributed by atoms with van der Waals surface area (Å²) in [5.41, 5.74) is 0.803. The van der Waals surface area contributed by atoms with Crippen molar-refractivity contribution in [3.05, 3.63) is 22.4 Å². The van der Waals surface area contributed by atoms with Crippen molar-refractivity contribution in [3.63, 3.8) is 0 Å². The third-order valence-corrected chi connectivity index (χ3v) is 3.35. The topological polar surface area (TPSA) is 29.1 Å². The minimum absolute atomic E-state index is 0.270. The van der Waals surface area contributed by atoms with Crippen molar-refractivity contribution in [2.45, 2.75) is 38.3 Å². The van der Waals surface area contributed by atoms with Crippen LogP contribution in [-0.4, -0.2) is 18.6 Å². The van der Waals surface area contributed by atoms with Gasteiger partial charge in [-0.25, -0.2) is 0 Å². The van der Waals surface area contributed by atoms with Gasteiger partial charge in [0.2, 0.25) is 5.91 Å². The molecule has 6 heteroatoms. The molecule has 0 saturated carbocycles. The monoisotopic (exact) mass is 279 g/mol. The maximum absolute atomic E-state index is 11.9. The quantitative estimate of drug-likeness (QED) is 0.878. The minimum Gasteiger partial charge on any atom is -0.355 e. The summed E-state index contributed by atoms with van der Waals surface area (Å²) in [6, 6.07) is 1.95. The van der Waals surface area contributed by atoms with Crippen LogP contribution < -0.4 is 5.32 Å². The molecule has 1 aromatic heterocycles. The van der Waals surface area contributed by atoms with Gasteiger partial charge in [-0.05, 0) is 22.4 Å². The maximum atomic E-state index is 11.9. The van der Waals surface area contributed by atoms with Gasteiger partial charge in [0, 0.05) is 18.4 Å². The molecule has 0 fully saturated rings. The van der Waals surface area contributed by atoms with E-state index in [1.54, 1.807) is 11.3 Å². The first kappa shape index (κ1) is 15.0. The van der Waals surface area contributed by atoms with E-state index in [4.69, 9.17) is 0 Å². The Balaban J connectivity index is 2.39. The lowest BCUT2D eigenvalue weighted by atomic mass is 9.86. The Labute approximate surface area is 108 Å². The highest BCUT2D eigenvalue weighted by atomic mass is 32.1. The Hall–Kier alpha value is -1.04. The second-order valence-corrected chi connectivity index (χ2v) is 5.57. The summed E-state index contributed by atoms with van der Waals surface area (Å²) in [6.45, 7) is 4.22. The highest BCUT2D eigenvalue weighted by molar-refractivity contribution is 7.08. The molecule has 0 radical (unpaired) electrons. The molecule has 0 spiro atoms. The summed E-state index contributed by atoms with van der Waals surface area (Å²) in [4.78, 5) is 11.3. The average molecular weight is 279 g/mol. The summed E-state index contributed by atoms with van der Waals surface area (Å²) in [6.07, 6.45) is -5.86. The van der Waals surface area contributed by atoms with Crippen molar-refractivity contribution in [2.24, 2.45) is 0 Å². The van der Waals surface area contributed by atoms with Crippen molar-refractivity contribution in [1.29, 1.82) is 0 Å². The number of hydrogen-bond donors (Lipinski definition) is 1. The molecule has 18 heavy (non-hydrogen) atoms. The molecule has 1 amide bonds. The number of amides is 1. The van der Waals surface area contributed by atoms with E-state index in [0.29, 0.717) is 6.54 Å². The van der Waals surface area contributed by atoms with Gasteiger partial charge in [-0.3, -0.25) is 4.79 Å². The predicted octanol–water partition coefficient (Wildman–Crippen LogP) is 3.48. The van der Waals surface area contributed by atoms with Gasteiger partial charge in [-0.1, -0.05) is 13.8 Å². The van der Waals surface area contributed by atoms with E-state index in [9.17, 15) is 18.0 Å². The molecule has 0 aliphatic rings. The van der Waals surface area contributed by atoms with E-state index in [1.807, 2.05) is 30.7 Å². The number of rotatable bonds is 5. The van der Waals surface area contributed by atoms with Crippen LogP contribution in [0.1, 0.15) is 32.3 Å². The Morgan fingerprint density at radius 1 is 1.39 bits per heavy atom. The number of nitrogens with one attached hydrogen (secondary N) is 1. The van der Waals surface area contributed by atoms with Gasteiger partial charge >= 0.3 is 6.18 Å². The predicted molar refractivity (Wildman–Crippen MR) is 65.6 cm³/mol. The Morgan fingerprint density at radius 3 is 2.56 bits per heavy atom. The first-order valence-electron chi connectivity index (χ1n) is 5.57. The highest BCUT2D eigenvalue weighted by Gasteiger charge is 2.28. The first-order valence-corrected chi connectivity index (χ1v) is 6.51. The Bertz CT molecular complexity index is 385. The van der Waals surface area contributed by atoms with Gasteiger partial charge < -0.3 is 5.32 Å². The largest absolute Gasteiger partial charge is 0.389 e. The second-order valence-electron chi connectivity index (χ2n) is 4.79. The van der Waals surface area contributed by atoms with E-state index in [1.165, 1.54) is 0 Å². The van der Waals surface area contributed by atoms with Crippen LogP contribution in [0, 0.1) is 0 Å². The Morgan fingerprint density at radius 2 is 2.06 bits per heavy atom. The average Bonchev–Trinajstić information content (AvgIpc) is 2.76. The molecular formula is C12H16F3NOS. The summed E-state index contributed by atoms with van der Waals surface area (Å²) in [5, 5.41) is 6.46. The molecule has 1 N–H and O–H groups in total. The van der Waals surface area contributed by atoms with Crippen molar-refractivity contribution >= 4 is 17.2 Å². The van der Waals surface area contributed by atoms with E-state index < -0.39 is 24.9 Å². The molecule has 102 valence electrons. The van der Waals surface area contributed by atoms with E-state index in [-0.39, 0.29) is 5.41 Å². The van der Waals surface area contributed by atoms with E-state index in [2.05, 4.69) is 5.32 Å². The molecule has 0 unspecified atom stereocenters. The van der Waals surface area contributed by atoms with Crippen LogP contribution in [0.2, 0.25) is 0 Å². The molecule has 0 aliphatic carbocycles. The summed E-state index contributed by atoms with van der Waals surface area (Å²) < 4.78 is 35.8. The van der Waals surface area contributed by atoms with Crippen LogP contribution in [0.4, 0.5) is 13.2 Å². The molecule has 1 heterocycles. The second kappa shape index (κ2) is 5.73. The zero-order valence-corrected chi connectivity index (χ0v) is 11.1. The summed E-state index contributed by atoms with van der Waals surface area (Å²) in [5.74, 6) is -0.560. The molecule has 0 atom stereocenters. The molecule has 0 aromatic carbocycles. The lowest BCUT2D eigenvalue weighted by Gasteiger charge is -2.24. The highest BCUT2D eigenvalue weighted by Crippen LogP contribution is 2.25. The SMILES string of the molecule is CC(C)(CNC(=O)CCC(F)(F)F)c1ccsc1. The number of halogens is 3. The normalized spacial score (nSPS) is 12.5. The molecule has 0 saturated heterocycles.